The number of nitrogens with one attached hydrogen (secondary N) is 1. The molecule has 1 rings (SSSR count). The summed E-state index contributed by atoms with van der Waals surface area (Å²) in [5.41, 5.74) is 0.696. The number of hydrogen-bond donors (Lipinski definition) is 2. The van der Waals surface area contributed by atoms with E-state index in [1.807, 2.05) is 13.0 Å². The van der Waals surface area contributed by atoms with E-state index in [1.165, 1.54) is 0 Å². The molecule has 0 aliphatic rings. The predicted molar refractivity (Wildman–Crippen MR) is 82.4 cm³/mol. The standard InChI is InChI=1S/C16H24N2O3/c1-3-5-11-18(4-2)16(21)17-12-14(15(19)20)13-9-7-6-8-10-13/h6-10,14H,3-5,11-12H2,1-2H3,(H,17,21)(H,19,20). The van der Waals surface area contributed by atoms with Crippen LogP contribution in [0.2, 0.25) is 0 Å². The lowest BCUT2D eigenvalue weighted by molar-refractivity contribution is -0.138. The van der Waals surface area contributed by atoms with Gasteiger partial charge in [-0.15, -0.1) is 0 Å². The second kappa shape index (κ2) is 9.00. The van der Waals surface area contributed by atoms with Crippen molar-refractivity contribution in [3.63, 3.8) is 0 Å². The molecule has 0 saturated heterocycles. The molecule has 0 saturated carbocycles. The van der Waals surface area contributed by atoms with Gasteiger partial charge in [-0.25, -0.2) is 4.79 Å². The highest BCUT2D eigenvalue weighted by atomic mass is 16.4. The van der Waals surface area contributed by atoms with Gasteiger partial charge in [-0.3, -0.25) is 4.79 Å². The van der Waals surface area contributed by atoms with Gasteiger partial charge in [0.25, 0.3) is 0 Å². The number of hydrogen-bond acceptors (Lipinski definition) is 2. The first-order valence-corrected chi connectivity index (χ1v) is 7.40. The highest BCUT2D eigenvalue weighted by Crippen LogP contribution is 2.14. The normalized spacial score (nSPS) is 11.7. The van der Waals surface area contributed by atoms with Crippen molar-refractivity contribution >= 4 is 12.0 Å². The fourth-order valence-corrected chi connectivity index (χ4v) is 2.09. The van der Waals surface area contributed by atoms with Crippen molar-refractivity contribution in [3.8, 4) is 0 Å². The molecule has 0 bridgehead atoms. The molecule has 0 aliphatic carbocycles. The Morgan fingerprint density at radius 2 is 1.90 bits per heavy atom. The highest BCUT2D eigenvalue weighted by Gasteiger charge is 2.21. The minimum absolute atomic E-state index is 0.0980. The number of aliphatic carboxylic acids is 1. The molecule has 0 fully saturated rings. The summed E-state index contributed by atoms with van der Waals surface area (Å²) in [5.74, 6) is -1.65. The number of unbranched alkanes of at least 4 members (excludes halogenated alkanes) is 1. The topological polar surface area (TPSA) is 69.6 Å². The van der Waals surface area contributed by atoms with Crippen molar-refractivity contribution in [2.45, 2.75) is 32.6 Å². The van der Waals surface area contributed by atoms with E-state index in [0.29, 0.717) is 18.7 Å². The average Bonchev–Trinajstić information content (AvgIpc) is 2.49. The van der Waals surface area contributed by atoms with Gasteiger partial charge in [-0.2, -0.15) is 0 Å². The van der Waals surface area contributed by atoms with Crippen LogP contribution in [-0.4, -0.2) is 41.6 Å². The molecule has 0 aliphatic heterocycles. The number of carboxylic acids is 1. The number of carboxylic acid groups (broad SMARTS) is 1. The van der Waals surface area contributed by atoms with Crippen molar-refractivity contribution in [1.82, 2.24) is 10.2 Å². The Balaban J connectivity index is 2.61. The second-order valence-electron chi connectivity index (χ2n) is 4.92. The van der Waals surface area contributed by atoms with Gasteiger partial charge >= 0.3 is 12.0 Å². The lowest BCUT2D eigenvalue weighted by Gasteiger charge is -2.22. The van der Waals surface area contributed by atoms with E-state index in [-0.39, 0.29) is 12.6 Å². The Morgan fingerprint density at radius 1 is 1.24 bits per heavy atom. The maximum atomic E-state index is 12.1. The van der Waals surface area contributed by atoms with Crippen molar-refractivity contribution < 1.29 is 14.7 Å². The van der Waals surface area contributed by atoms with Crippen LogP contribution in [0.15, 0.2) is 30.3 Å². The summed E-state index contributed by atoms with van der Waals surface area (Å²) < 4.78 is 0. The molecule has 1 aromatic rings. The fraction of sp³-hybridized carbons (Fsp3) is 0.500. The molecule has 116 valence electrons. The maximum absolute atomic E-state index is 12.1. The van der Waals surface area contributed by atoms with Crippen LogP contribution in [-0.2, 0) is 4.79 Å². The van der Waals surface area contributed by atoms with Crippen LogP contribution in [0.1, 0.15) is 38.2 Å². The van der Waals surface area contributed by atoms with E-state index in [1.54, 1.807) is 29.2 Å². The lowest BCUT2D eigenvalue weighted by atomic mass is 9.99. The van der Waals surface area contributed by atoms with Crippen LogP contribution in [0.5, 0.6) is 0 Å². The van der Waals surface area contributed by atoms with Crippen molar-refractivity contribution in [3.05, 3.63) is 35.9 Å². The van der Waals surface area contributed by atoms with Crippen LogP contribution in [0.4, 0.5) is 4.79 Å². The average molecular weight is 292 g/mol. The smallest absolute Gasteiger partial charge is 0.317 e. The molecular formula is C16H24N2O3. The maximum Gasteiger partial charge on any atom is 0.317 e. The number of rotatable bonds is 8. The van der Waals surface area contributed by atoms with Crippen molar-refractivity contribution in [2.24, 2.45) is 0 Å². The molecule has 21 heavy (non-hydrogen) atoms. The molecule has 0 radical (unpaired) electrons. The first kappa shape index (κ1) is 17.0. The largest absolute Gasteiger partial charge is 0.481 e. The van der Waals surface area contributed by atoms with Crippen molar-refractivity contribution in [1.29, 1.82) is 0 Å². The van der Waals surface area contributed by atoms with E-state index in [9.17, 15) is 14.7 Å². The zero-order valence-corrected chi connectivity index (χ0v) is 12.7. The highest BCUT2D eigenvalue weighted by molar-refractivity contribution is 5.79. The van der Waals surface area contributed by atoms with E-state index in [0.717, 1.165) is 12.8 Å². The number of urea groups is 1. The van der Waals surface area contributed by atoms with Gasteiger partial charge < -0.3 is 15.3 Å². The Morgan fingerprint density at radius 3 is 2.43 bits per heavy atom. The zero-order chi connectivity index (χ0) is 15.7. The third-order valence-electron chi connectivity index (χ3n) is 3.41. The summed E-state index contributed by atoms with van der Waals surface area (Å²) in [4.78, 5) is 25.1. The fourth-order valence-electron chi connectivity index (χ4n) is 2.09. The first-order valence-electron chi connectivity index (χ1n) is 7.40. The Bertz CT molecular complexity index is 448. The lowest BCUT2D eigenvalue weighted by Crippen LogP contribution is -2.42. The van der Waals surface area contributed by atoms with Gasteiger partial charge in [0.05, 0.1) is 5.92 Å². The molecule has 0 spiro atoms. The minimum Gasteiger partial charge on any atom is -0.481 e. The molecule has 2 amide bonds. The summed E-state index contributed by atoms with van der Waals surface area (Å²) in [6.07, 6.45) is 1.97. The van der Waals surface area contributed by atoms with Crippen LogP contribution in [0, 0.1) is 0 Å². The zero-order valence-electron chi connectivity index (χ0n) is 12.7. The number of carbonyl (C=O) groups is 2. The van der Waals surface area contributed by atoms with Crippen LogP contribution in [0.25, 0.3) is 0 Å². The summed E-state index contributed by atoms with van der Waals surface area (Å²) in [7, 11) is 0. The molecule has 5 nitrogen and oxygen atoms in total. The van der Waals surface area contributed by atoms with Gasteiger partial charge in [0.2, 0.25) is 0 Å². The van der Waals surface area contributed by atoms with Gasteiger partial charge in [0.15, 0.2) is 0 Å². The Hall–Kier alpha value is -2.04. The number of nitrogens with zero attached hydrogens (tertiary/aromatic N) is 1. The van der Waals surface area contributed by atoms with Gasteiger partial charge in [-0.1, -0.05) is 43.7 Å². The predicted octanol–water partition coefficient (Wildman–Crippen LogP) is 2.69. The number of amides is 2. The quantitative estimate of drug-likeness (QED) is 0.774. The number of benzene rings is 1. The molecule has 5 heteroatoms. The van der Waals surface area contributed by atoms with Crippen LogP contribution >= 0.6 is 0 Å². The molecule has 1 aromatic carbocycles. The summed E-state index contributed by atoms with van der Waals surface area (Å²) in [5, 5.41) is 12.0. The minimum atomic E-state index is -0.932. The van der Waals surface area contributed by atoms with Gasteiger partial charge in [0, 0.05) is 19.6 Å². The first-order chi connectivity index (χ1) is 10.1. The van der Waals surface area contributed by atoms with E-state index in [4.69, 9.17) is 0 Å². The second-order valence-corrected chi connectivity index (χ2v) is 4.92. The Labute approximate surface area is 126 Å². The molecule has 1 unspecified atom stereocenters. The molecular weight excluding hydrogens is 268 g/mol. The monoisotopic (exact) mass is 292 g/mol. The summed E-state index contributed by atoms with van der Waals surface area (Å²) in [6, 6.07) is 8.76. The molecule has 1 atom stereocenters. The van der Waals surface area contributed by atoms with Crippen LogP contribution < -0.4 is 5.32 Å². The van der Waals surface area contributed by atoms with Gasteiger partial charge in [0.1, 0.15) is 0 Å². The van der Waals surface area contributed by atoms with Crippen LogP contribution in [0.3, 0.4) is 0 Å². The Kier molecular flexibility index (Phi) is 7.29. The third kappa shape index (κ3) is 5.45. The summed E-state index contributed by atoms with van der Waals surface area (Å²) in [6.45, 7) is 5.40. The molecule has 0 heterocycles. The van der Waals surface area contributed by atoms with Gasteiger partial charge in [-0.05, 0) is 18.9 Å². The SMILES string of the molecule is CCCCN(CC)C(=O)NCC(C(=O)O)c1ccccc1. The molecule has 0 aromatic heterocycles. The van der Waals surface area contributed by atoms with E-state index in [2.05, 4.69) is 12.2 Å². The third-order valence-corrected chi connectivity index (χ3v) is 3.41. The van der Waals surface area contributed by atoms with E-state index >= 15 is 0 Å². The summed E-state index contributed by atoms with van der Waals surface area (Å²) >= 11 is 0. The molecule has 2 N–H and O–H groups in total. The van der Waals surface area contributed by atoms with E-state index < -0.39 is 11.9 Å². The van der Waals surface area contributed by atoms with Crippen molar-refractivity contribution in [2.75, 3.05) is 19.6 Å². The number of carbonyl (C=O) groups excluding carboxylic acids is 1.